The molecule has 0 aliphatic carbocycles. The number of nitrogens with zero attached hydrogens (tertiary/aromatic N) is 2. The number of hydrogen-bond acceptors (Lipinski definition) is 5. The molecule has 0 radical (unpaired) electrons. The number of aromatic nitrogens is 1. The summed E-state index contributed by atoms with van der Waals surface area (Å²) in [6.07, 6.45) is 2.21. The van der Waals surface area contributed by atoms with Crippen LogP contribution in [-0.4, -0.2) is 46.6 Å². The quantitative estimate of drug-likeness (QED) is 0.783. The lowest BCUT2D eigenvalue weighted by Gasteiger charge is -2.20. The molecule has 6 nitrogen and oxygen atoms in total. The van der Waals surface area contributed by atoms with Gasteiger partial charge in [-0.15, -0.1) is 0 Å². The second-order valence-electron chi connectivity index (χ2n) is 7.11. The number of carbonyl (C=O) groups excluding carboxylic acids is 1. The van der Waals surface area contributed by atoms with Crippen LogP contribution < -0.4 is 10.1 Å². The molecule has 1 fully saturated rings. The molecule has 1 saturated heterocycles. The number of hydrogen-bond donors (Lipinski definition) is 2. The normalized spacial score (nSPS) is 18.3. The highest BCUT2D eigenvalue weighted by Gasteiger charge is 2.26. The van der Waals surface area contributed by atoms with Gasteiger partial charge >= 0.3 is 0 Å². The number of likely N-dealkylation sites (tertiary alicyclic amines) is 1. The van der Waals surface area contributed by atoms with Crippen molar-refractivity contribution in [1.82, 2.24) is 15.2 Å². The summed E-state index contributed by atoms with van der Waals surface area (Å²) in [6, 6.07) is 11.7. The highest BCUT2D eigenvalue weighted by atomic mass is 16.5. The van der Waals surface area contributed by atoms with Crippen LogP contribution in [0.15, 0.2) is 42.6 Å². The van der Waals surface area contributed by atoms with Crippen LogP contribution in [0.2, 0.25) is 0 Å². The predicted octanol–water partition coefficient (Wildman–Crippen LogP) is 2.21. The molecule has 0 saturated carbocycles. The van der Waals surface area contributed by atoms with Crippen molar-refractivity contribution in [3.63, 3.8) is 0 Å². The first-order valence-electron chi connectivity index (χ1n) is 9.32. The Balaban J connectivity index is 1.50. The number of β-amino-alcohol motifs (C(OH)–C–C–N with tert-alkyl or cyclic N) is 1. The van der Waals surface area contributed by atoms with E-state index < -0.39 is 6.10 Å². The Morgan fingerprint density at radius 2 is 2.15 bits per heavy atom. The summed E-state index contributed by atoms with van der Waals surface area (Å²) in [5.74, 6) is 0.679. The zero-order valence-electron chi connectivity index (χ0n) is 15.9. The molecular formula is C21H27N3O3. The number of aliphatic hydroxyl groups is 1. The second-order valence-corrected chi connectivity index (χ2v) is 7.11. The van der Waals surface area contributed by atoms with Gasteiger partial charge in [0.1, 0.15) is 11.9 Å². The average molecular weight is 369 g/mol. The van der Waals surface area contributed by atoms with Crippen molar-refractivity contribution in [3.8, 4) is 5.75 Å². The molecule has 1 aromatic carbocycles. The van der Waals surface area contributed by atoms with Crippen molar-refractivity contribution in [3.05, 3.63) is 59.4 Å². The van der Waals surface area contributed by atoms with Gasteiger partial charge in [0.2, 0.25) is 5.91 Å². The summed E-state index contributed by atoms with van der Waals surface area (Å²) in [4.78, 5) is 17.5. The molecule has 2 unspecified atom stereocenters. The van der Waals surface area contributed by atoms with Crippen LogP contribution in [0.5, 0.6) is 5.75 Å². The SMILES string of the molecule is CC(=O)NCc1cc(OC2CCN(CC(O)c3ccc(C)cc3)C2)ccn1. The topological polar surface area (TPSA) is 74.7 Å². The molecule has 2 atom stereocenters. The molecule has 2 N–H and O–H groups in total. The third kappa shape index (κ3) is 5.77. The minimum Gasteiger partial charge on any atom is -0.489 e. The summed E-state index contributed by atoms with van der Waals surface area (Å²) in [6.45, 7) is 6.21. The Bertz CT molecular complexity index is 764. The highest BCUT2D eigenvalue weighted by Crippen LogP contribution is 2.22. The number of rotatable bonds is 7. The van der Waals surface area contributed by atoms with Gasteiger partial charge in [-0.25, -0.2) is 0 Å². The van der Waals surface area contributed by atoms with E-state index in [1.165, 1.54) is 12.5 Å². The lowest BCUT2D eigenvalue weighted by molar-refractivity contribution is -0.119. The molecule has 0 bridgehead atoms. The smallest absolute Gasteiger partial charge is 0.217 e. The first kappa shape index (κ1) is 19.3. The lowest BCUT2D eigenvalue weighted by atomic mass is 10.1. The predicted molar refractivity (Wildman–Crippen MR) is 103 cm³/mol. The number of benzene rings is 1. The van der Waals surface area contributed by atoms with Crippen LogP contribution in [0.25, 0.3) is 0 Å². The Morgan fingerprint density at radius 1 is 1.37 bits per heavy atom. The second kappa shape index (κ2) is 8.97. The van der Waals surface area contributed by atoms with Crippen molar-refractivity contribution in [2.45, 2.75) is 39.0 Å². The maximum atomic E-state index is 11.0. The van der Waals surface area contributed by atoms with Crippen LogP contribution >= 0.6 is 0 Å². The van der Waals surface area contributed by atoms with E-state index in [1.54, 1.807) is 6.20 Å². The van der Waals surface area contributed by atoms with Gasteiger partial charge in [-0.05, 0) is 25.0 Å². The van der Waals surface area contributed by atoms with Crippen molar-refractivity contribution >= 4 is 5.91 Å². The Morgan fingerprint density at radius 3 is 2.89 bits per heavy atom. The Kier molecular flexibility index (Phi) is 6.42. The molecule has 3 rings (SSSR count). The molecule has 27 heavy (non-hydrogen) atoms. The van der Waals surface area contributed by atoms with Crippen molar-refractivity contribution in [2.24, 2.45) is 0 Å². The third-order valence-electron chi connectivity index (χ3n) is 4.73. The summed E-state index contributed by atoms with van der Waals surface area (Å²) < 4.78 is 6.08. The van der Waals surface area contributed by atoms with Crippen LogP contribution in [-0.2, 0) is 11.3 Å². The fourth-order valence-electron chi connectivity index (χ4n) is 3.23. The summed E-state index contributed by atoms with van der Waals surface area (Å²) in [5.41, 5.74) is 2.91. The molecular weight excluding hydrogens is 342 g/mol. The van der Waals surface area contributed by atoms with Gasteiger partial charge in [0.15, 0.2) is 0 Å². The molecule has 1 aromatic heterocycles. The first-order valence-corrected chi connectivity index (χ1v) is 9.32. The summed E-state index contributed by atoms with van der Waals surface area (Å²) in [5, 5.41) is 13.2. The maximum absolute atomic E-state index is 11.0. The van der Waals surface area contributed by atoms with Crippen LogP contribution in [0.1, 0.15) is 36.3 Å². The molecule has 0 spiro atoms. The summed E-state index contributed by atoms with van der Waals surface area (Å²) >= 11 is 0. The fourth-order valence-corrected chi connectivity index (χ4v) is 3.23. The number of pyridine rings is 1. The van der Waals surface area contributed by atoms with Crippen LogP contribution in [0.4, 0.5) is 0 Å². The van der Waals surface area contributed by atoms with E-state index in [1.807, 2.05) is 43.3 Å². The van der Waals surface area contributed by atoms with Gasteiger partial charge in [-0.3, -0.25) is 14.7 Å². The lowest BCUT2D eigenvalue weighted by Crippen LogP contribution is -2.29. The highest BCUT2D eigenvalue weighted by molar-refractivity contribution is 5.72. The minimum atomic E-state index is -0.491. The number of nitrogens with one attached hydrogen (secondary N) is 1. The standard InChI is InChI=1S/C21H27N3O3/c1-15-3-5-17(6-4-15)21(26)14-24-10-8-20(13-24)27-19-7-9-22-18(11-19)12-23-16(2)25/h3-7,9,11,20-21,26H,8,10,12-14H2,1-2H3,(H,23,25). The first-order chi connectivity index (χ1) is 13.0. The van der Waals surface area contributed by atoms with Crippen LogP contribution in [0.3, 0.4) is 0 Å². The largest absolute Gasteiger partial charge is 0.489 e. The van der Waals surface area contributed by atoms with E-state index in [-0.39, 0.29) is 12.0 Å². The van der Waals surface area contributed by atoms with E-state index in [2.05, 4.69) is 15.2 Å². The number of carbonyl (C=O) groups is 1. The number of aliphatic hydroxyl groups excluding tert-OH is 1. The molecule has 1 aliphatic rings. The van der Waals surface area contributed by atoms with E-state index >= 15 is 0 Å². The molecule has 1 aliphatic heterocycles. The molecule has 144 valence electrons. The Labute approximate surface area is 160 Å². The molecule has 2 aromatic rings. The average Bonchev–Trinajstić information content (AvgIpc) is 3.07. The molecule has 1 amide bonds. The monoisotopic (exact) mass is 369 g/mol. The number of amides is 1. The van der Waals surface area contributed by atoms with E-state index in [0.717, 1.165) is 36.5 Å². The summed E-state index contributed by atoms with van der Waals surface area (Å²) in [7, 11) is 0. The zero-order chi connectivity index (χ0) is 19.2. The van der Waals surface area contributed by atoms with Crippen molar-refractivity contribution < 1.29 is 14.6 Å². The van der Waals surface area contributed by atoms with Gasteiger partial charge in [-0.2, -0.15) is 0 Å². The Hall–Kier alpha value is -2.44. The van der Waals surface area contributed by atoms with Gasteiger partial charge in [0.25, 0.3) is 0 Å². The van der Waals surface area contributed by atoms with Gasteiger partial charge in [0, 0.05) is 38.8 Å². The molecule has 6 heteroatoms. The van der Waals surface area contributed by atoms with Gasteiger partial charge in [-0.1, -0.05) is 29.8 Å². The zero-order valence-corrected chi connectivity index (χ0v) is 15.9. The number of aryl methyl sites for hydroxylation is 1. The van der Waals surface area contributed by atoms with E-state index in [0.29, 0.717) is 13.1 Å². The molecule has 2 heterocycles. The third-order valence-corrected chi connectivity index (χ3v) is 4.73. The van der Waals surface area contributed by atoms with Gasteiger partial charge < -0.3 is 15.2 Å². The maximum Gasteiger partial charge on any atom is 0.217 e. The van der Waals surface area contributed by atoms with Crippen LogP contribution in [0, 0.1) is 6.92 Å². The minimum absolute atomic E-state index is 0.0818. The van der Waals surface area contributed by atoms with Crippen molar-refractivity contribution in [2.75, 3.05) is 19.6 Å². The van der Waals surface area contributed by atoms with Gasteiger partial charge in [0.05, 0.1) is 18.3 Å². The van der Waals surface area contributed by atoms with Crippen molar-refractivity contribution in [1.29, 1.82) is 0 Å². The number of ether oxygens (including phenoxy) is 1. The fraction of sp³-hybridized carbons (Fsp3) is 0.429. The van der Waals surface area contributed by atoms with E-state index in [4.69, 9.17) is 4.74 Å². The van der Waals surface area contributed by atoms with E-state index in [9.17, 15) is 9.90 Å².